The molecule has 0 bridgehead atoms. The molecule has 4 nitrogen and oxygen atoms in total. The first-order chi connectivity index (χ1) is 9.24. The topological polar surface area (TPSA) is 39.7 Å². The highest BCUT2D eigenvalue weighted by atomic mass is 16.5. The predicted octanol–water partition coefficient (Wildman–Crippen LogP) is 2.07. The maximum Gasteiger partial charge on any atom is 0.123 e. The molecule has 1 heterocycles. The zero-order valence-electron chi connectivity index (χ0n) is 11.9. The van der Waals surface area contributed by atoms with Crippen molar-refractivity contribution in [3.8, 4) is 5.75 Å². The molecular weight excluding hydrogens is 242 g/mol. The van der Waals surface area contributed by atoms with E-state index in [2.05, 4.69) is 24.4 Å². The molecule has 1 aromatic carbocycles. The van der Waals surface area contributed by atoms with Crippen molar-refractivity contribution in [2.75, 3.05) is 34.0 Å². The Balaban J connectivity index is 2.05. The van der Waals surface area contributed by atoms with Crippen molar-refractivity contribution in [1.82, 2.24) is 5.32 Å². The quantitative estimate of drug-likeness (QED) is 0.854. The fourth-order valence-corrected chi connectivity index (χ4v) is 2.33. The van der Waals surface area contributed by atoms with E-state index in [4.69, 9.17) is 14.2 Å². The summed E-state index contributed by atoms with van der Waals surface area (Å²) >= 11 is 0. The number of rotatable bonds is 6. The SMILES string of the molecule is CNC(COC1CCOC1)c1cc(C)ccc1OC. The minimum absolute atomic E-state index is 0.135. The first-order valence-electron chi connectivity index (χ1n) is 6.75. The molecule has 2 atom stereocenters. The van der Waals surface area contributed by atoms with Crippen LogP contribution in [0.2, 0.25) is 0 Å². The third-order valence-corrected chi connectivity index (χ3v) is 3.50. The molecule has 1 saturated heterocycles. The number of nitrogens with one attached hydrogen (secondary N) is 1. The minimum atomic E-state index is 0.135. The summed E-state index contributed by atoms with van der Waals surface area (Å²) in [6.07, 6.45) is 1.22. The van der Waals surface area contributed by atoms with Crippen LogP contribution in [-0.4, -0.2) is 40.1 Å². The summed E-state index contributed by atoms with van der Waals surface area (Å²) in [6.45, 7) is 4.23. The summed E-state index contributed by atoms with van der Waals surface area (Å²) in [7, 11) is 3.65. The molecule has 0 spiro atoms. The first kappa shape index (κ1) is 14.3. The van der Waals surface area contributed by atoms with Crippen molar-refractivity contribution >= 4 is 0 Å². The molecule has 19 heavy (non-hydrogen) atoms. The average molecular weight is 265 g/mol. The van der Waals surface area contributed by atoms with Crippen molar-refractivity contribution < 1.29 is 14.2 Å². The lowest BCUT2D eigenvalue weighted by molar-refractivity contribution is 0.0305. The molecular formula is C15H23NO3. The number of likely N-dealkylation sites (N-methyl/N-ethyl adjacent to an activating group) is 1. The van der Waals surface area contributed by atoms with Crippen LogP contribution in [0.15, 0.2) is 18.2 Å². The molecule has 0 saturated carbocycles. The van der Waals surface area contributed by atoms with E-state index in [9.17, 15) is 0 Å². The van der Waals surface area contributed by atoms with Crippen LogP contribution in [0.5, 0.6) is 5.75 Å². The van der Waals surface area contributed by atoms with E-state index in [1.165, 1.54) is 5.56 Å². The molecule has 2 rings (SSSR count). The Morgan fingerprint density at radius 1 is 1.47 bits per heavy atom. The second-order valence-corrected chi connectivity index (χ2v) is 4.91. The molecule has 0 radical (unpaired) electrons. The smallest absolute Gasteiger partial charge is 0.123 e. The normalized spacial score (nSPS) is 20.5. The number of benzene rings is 1. The van der Waals surface area contributed by atoms with Gasteiger partial charge in [0.25, 0.3) is 0 Å². The van der Waals surface area contributed by atoms with E-state index < -0.39 is 0 Å². The zero-order chi connectivity index (χ0) is 13.7. The third kappa shape index (κ3) is 3.69. The maximum absolute atomic E-state index is 5.91. The summed E-state index contributed by atoms with van der Waals surface area (Å²) in [5, 5.41) is 3.30. The van der Waals surface area contributed by atoms with Gasteiger partial charge in [0.1, 0.15) is 5.75 Å². The second-order valence-electron chi connectivity index (χ2n) is 4.91. The molecule has 0 amide bonds. The largest absolute Gasteiger partial charge is 0.496 e. The first-order valence-corrected chi connectivity index (χ1v) is 6.75. The van der Waals surface area contributed by atoms with Gasteiger partial charge in [-0.15, -0.1) is 0 Å². The summed E-state index contributed by atoms with van der Waals surface area (Å²) < 4.78 is 16.7. The van der Waals surface area contributed by atoms with Crippen LogP contribution in [0.4, 0.5) is 0 Å². The van der Waals surface area contributed by atoms with Gasteiger partial charge < -0.3 is 19.5 Å². The van der Waals surface area contributed by atoms with Crippen LogP contribution in [0.1, 0.15) is 23.6 Å². The van der Waals surface area contributed by atoms with Gasteiger partial charge in [-0.1, -0.05) is 17.7 Å². The van der Waals surface area contributed by atoms with Gasteiger partial charge in [0, 0.05) is 12.2 Å². The molecule has 1 aliphatic heterocycles. The summed E-state index contributed by atoms with van der Waals surface area (Å²) in [4.78, 5) is 0. The lowest BCUT2D eigenvalue weighted by atomic mass is 10.0. The van der Waals surface area contributed by atoms with Crippen LogP contribution in [0, 0.1) is 6.92 Å². The predicted molar refractivity (Wildman–Crippen MR) is 74.7 cm³/mol. The van der Waals surface area contributed by atoms with Gasteiger partial charge in [0.15, 0.2) is 0 Å². The molecule has 2 unspecified atom stereocenters. The number of hydrogen-bond acceptors (Lipinski definition) is 4. The van der Waals surface area contributed by atoms with Gasteiger partial charge in [-0.05, 0) is 26.5 Å². The number of aryl methyl sites for hydroxylation is 1. The summed E-state index contributed by atoms with van der Waals surface area (Å²) in [5.74, 6) is 0.899. The molecule has 0 aromatic heterocycles. The number of methoxy groups -OCH3 is 1. The molecule has 1 N–H and O–H groups in total. The lowest BCUT2D eigenvalue weighted by Gasteiger charge is -2.21. The van der Waals surface area contributed by atoms with Crippen LogP contribution < -0.4 is 10.1 Å². The lowest BCUT2D eigenvalue weighted by Crippen LogP contribution is -2.26. The Morgan fingerprint density at radius 2 is 2.32 bits per heavy atom. The van der Waals surface area contributed by atoms with Crippen LogP contribution >= 0.6 is 0 Å². The van der Waals surface area contributed by atoms with Crippen molar-refractivity contribution in [2.45, 2.75) is 25.5 Å². The summed E-state index contributed by atoms with van der Waals surface area (Å²) in [6, 6.07) is 6.35. The van der Waals surface area contributed by atoms with Crippen molar-refractivity contribution in [1.29, 1.82) is 0 Å². The van der Waals surface area contributed by atoms with Gasteiger partial charge in [-0.2, -0.15) is 0 Å². The Morgan fingerprint density at radius 3 is 2.95 bits per heavy atom. The van der Waals surface area contributed by atoms with E-state index in [0.29, 0.717) is 13.2 Å². The van der Waals surface area contributed by atoms with Crippen molar-refractivity contribution in [2.24, 2.45) is 0 Å². The second kappa shape index (κ2) is 6.89. The van der Waals surface area contributed by atoms with Crippen molar-refractivity contribution in [3.05, 3.63) is 29.3 Å². The fraction of sp³-hybridized carbons (Fsp3) is 0.600. The highest BCUT2D eigenvalue weighted by molar-refractivity contribution is 5.39. The molecule has 0 aliphatic carbocycles. The highest BCUT2D eigenvalue weighted by Crippen LogP contribution is 2.27. The van der Waals surface area contributed by atoms with Gasteiger partial charge >= 0.3 is 0 Å². The van der Waals surface area contributed by atoms with Crippen molar-refractivity contribution in [3.63, 3.8) is 0 Å². The van der Waals surface area contributed by atoms with E-state index >= 15 is 0 Å². The van der Waals surface area contributed by atoms with Gasteiger partial charge in [-0.25, -0.2) is 0 Å². The molecule has 4 heteroatoms. The zero-order valence-corrected chi connectivity index (χ0v) is 11.9. The monoisotopic (exact) mass is 265 g/mol. The Labute approximate surface area is 115 Å². The molecule has 1 aromatic rings. The van der Waals surface area contributed by atoms with Crippen LogP contribution in [0.25, 0.3) is 0 Å². The van der Waals surface area contributed by atoms with Crippen LogP contribution in [-0.2, 0) is 9.47 Å². The Hall–Kier alpha value is -1.10. The van der Waals surface area contributed by atoms with Crippen LogP contribution in [0.3, 0.4) is 0 Å². The minimum Gasteiger partial charge on any atom is -0.496 e. The average Bonchev–Trinajstić information content (AvgIpc) is 2.93. The van der Waals surface area contributed by atoms with E-state index in [-0.39, 0.29) is 12.1 Å². The Bertz CT molecular complexity index is 402. The molecule has 106 valence electrons. The molecule has 1 fully saturated rings. The number of ether oxygens (including phenoxy) is 3. The van der Waals surface area contributed by atoms with E-state index in [1.54, 1.807) is 7.11 Å². The standard InChI is InChI=1S/C15H23NO3/c1-11-4-5-15(17-3)13(8-11)14(16-2)10-19-12-6-7-18-9-12/h4-5,8,12,14,16H,6-7,9-10H2,1-3H3. The summed E-state index contributed by atoms with van der Waals surface area (Å²) in [5.41, 5.74) is 2.36. The Kier molecular flexibility index (Phi) is 5.19. The fourth-order valence-electron chi connectivity index (χ4n) is 2.33. The van der Waals surface area contributed by atoms with Gasteiger partial charge in [0.2, 0.25) is 0 Å². The van der Waals surface area contributed by atoms with Gasteiger partial charge in [-0.3, -0.25) is 0 Å². The molecule has 1 aliphatic rings. The highest BCUT2D eigenvalue weighted by Gasteiger charge is 2.20. The third-order valence-electron chi connectivity index (χ3n) is 3.50. The maximum atomic E-state index is 5.91. The van der Waals surface area contributed by atoms with E-state index in [1.807, 2.05) is 13.1 Å². The van der Waals surface area contributed by atoms with Gasteiger partial charge in [0.05, 0.1) is 32.5 Å². The number of hydrogen-bond donors (Lipinski definition) is 1. The van der Waals surface area contributed by atoms with E-state index in [0.717, 1.165) is 24.3 Å².